The molecular weight excluding hydrogens is 292 g/mol. The maximum absolute atomic E-state index is 12.4. The van der Waals surface area contributed by atoms with E-state index >= 15 is 0 Å². The average Bonchev–Trinajstić information content (AvgIpc) is 2.47. The Morgan fingerprint density at radius 2 is 1.50 bits per heavy atom. The van der Waals surface area contributed by atoms with Crippen molar-refractivity contribution in [2.45, 2.75) is 5.60 Å². The van der Waals surface area contributed by atoms with Crippen molar-refractivity contribution < 1.29 is 9.90 Å². The van der Waals surface area contributed by atoms with Gasteiger partial charge in [0.25, 0.3) is 0 Å². The number of carbonyl (C=O) groups excluding carboxylic acids is 1. The third kappa shape index (κ3) is 2.37. The molecular formula is C15H13BrO2. The highest BCUT2D eigenvalue weighted by Gasteiger charge is 2.37. The lowest BCUT2D eigenvalue weighted by Gasteiger charge is -2.25. The SMILES string of the molecule is O=C(c1ccccc1)C(O)(CBr)c1ccccc1. The first-order valence-corrected chi connectivity index (χ1v) is 6.74. The maximum Gasteiger partial charge on any atom is 0.199 e. The normalized spacial score (nSPS) is 13.9. The minimum absolute atomic E-state index is 0.164. The summed E-state index contributed by atoms with van der Waals surface area (Å²) in [4.78, 5) is 12.4. The second kappa shape index (κ2) is 5.46. The van der Waals surface area contributed by atoms with E-state index in [4.69, 9.17) is 0 Å². The van der Waals surface area contributed by atoms with Crippen molar-refractivity contribution in [1.29, 1.82) is 0 Å². The van der Waals surface area contributed by atoms with Crippen molar-refractivity contribution in [2.24, 2.45) is 0 Å². The van der Waals surface area contributed by atoms with E-state index < -0.39 is 5.60 Å². The number of ketones is 1. The van der Waals surface area contributed by atoms with Gasteiger partial charge in [-0.3, -0.25) is 4.79 Å². The molecule has 0 saturated carbocycles. The summed E-state index contributed by atoms with van der Waals surface area (Å²) in [5.74, 6) is -0.300. The molecule has 0 heterocycles. The Balaban J connectivity index is 2.43. The minimum atomic E-state index is -1.53. The molecule has 1 atom stereocenters. The lowest BCUT2D eigenvalue weighted by atomic mass is 9.88. The van der Waals surface area contributed by atoms with Gasteiger partial charge in [0.1, 0.15) is 0 Å². The number of aliphatic hydroxyl groups is 1. The van der Waals surface area contributed by atoms with Crippen molar-refractivity contribution in [3.8, 4) is 0 Å². The number of hydrogen-bond acceptors (Lipinski definition) is 2. The largest absolute Gasteiger partial charge is 0.376 e. The molecule has 0 saturated heterocycles. The minimum Gasteiger partial charge on any atom is -0.376 e. The number of benzene rings is 2. The highest BCUT2D eigenvalue weighted by molar-refractivity contribution is 9.09. The Kier molecular flexibility index (Phi) is 3.94. The third-order valence-corrected chi connectivity index (χ3v) is 3.67. The van der Waals surface area contributed by atoms with Gasteiger partial charge in [-0.1, -0.05) is 76.6 Å². The van der Waals surface area contributed by atoms with Gasteiger partial charge in [0, 0.05) is 10.9 Å². The van der Waals surface area contributed by atoms with Crippen LogP contribution in [0, 0.1) is 0 Å². The number of Topliss-reactive ketones (excluding diaryl/α,β-unsaturated/α-hetero) is 1. The fourth-order valence-electron chi connectivity index (χ4n) is 1.81. The molecule has 18 heavy (non-hydrogen) atoms. The van der Waals surface area contributed by atoms with Gasteiger partial charge in [0.15, 0.2) is 11.4 Å². The molecule has 2 aromatic rings. The molecule has 1 N–H and O–H groups in total. The zero-order valence-corrected chi connectivity index (χ0v) is 11.3. The lowest BCUT2D eigenvalue weighted by Crippen LogP contribution is -2.37. The predicted octanol–water partition coefficient (Wildman–Crippen LogP) is 3.15. The predicted molar refractivity (Wildman–Crippen MR) is 74.9 cm³/mol. The molecule has 2 rings (SSSR count). The van der Waals surface area contributed by atoms with Crippen LogP contribution in [0.3, 0.4) is 0 Å². The summed E-state index contributed by atoms with van der Waals surface area (Å²) in [7, 11) is 0. The number of carbonyl (C=O) groups is 1. The van der Waals surface area contributed by atoms with E-state index in [9.17, 15) is 9.90 Å². The van der Waals surface area contributed by atoms with Crippen LogP contribution in [-0.4, -0.2) is 16.2 Å². The molecule has 0 amide bonds. The van der Waals surface area contributed by atoms with Crippen molar-refractivity contribution in [2.75, 3.05) is 5.33 Å². The highest BCUT2D eigenvalue weighted by Crippen LogP contribution is 2.27. The molecule has 0 aliphatic rings. The van der Waals surface area contributed by atoms with Crippen molar-refractivity contribution in [1.82, 2.24) is 0 Å². The van der Waals surface area contributed by atoms with Gasteiger partial charge in [-0.15, -0.1) is 0 Å². The van der Waals surface area contributed by atoms with E-state index in [0.717, 1.165) is 0 Å². The Bertz CT molecular complexity index is 525. The van der Waals surface area contributed by atoms with E-state index in [-0.39, 0.29) is 11.1 Å². The molecule has 0 radical (unpaired) electrons. The van der Waals surface area contributed by atoms with Gasteiger partial charge in [-0.25, -0.2) is 0 Å². The zero-order chi connectivity index (χ0) is 13.0. The quantitative estimate of drug-likeness (QED) is 0.696. The topological polar surface area (TPSA) is 37.3 Å². The fraction of sp³-hybridized carbons (Fsp3) is 0.133. The van der Waals surface area contributed by atoms with E-state index in [1.165, 1.54) is 0 Å². The van der Waals surface area contributed by atoms with Gasteiger partial charge in [-0.2, -0.15) is 0 Å². The molecule has 0 aromatic heterocycles. The van der Waals surface area contributed by atoms with Crippen LogP contribution >= 0.6 is 15.9 Å². The fourth-order valence-corrected chi connectivity index (χ4v) is 2.39. The first-order chi connectivity index (χ1) is 8.68. The van der Waals surface area contributed by atoms with Crippen molar-refractivity contribution in [3.63, 3.8) is 0 Å². The van der Waals surface area contributed by atoms with Gasteiger partial charge in [-0.05, 0) is 5.56 Å². The number of halogens is 1. The van der Waals surface area contributed by atoms with Gasteiger partial charge < -0.3 is 5.11 Å². The summed E-state index contributed by atoms with van der Waals surface area (Å²) in [6, 6.07) is 17.8. The molecule has 0 aliphatic carbocycles. The molecule has 1 unspecified atom stereocenters. The van der Waals surface area contributed by atoms with Crippen LogP contribution in [0.4, 0.5) is 0 Å². The van der Waals surface area contributed by atoms with Crippen LogP contribution < -0.4 is 0 Å². The number of rotatable bonds is 4. The monoisotopic (exact) mass is 304 g/mol. The molecule has 0 aliphatic heterocycles. The summed E-state index contributed by atoms with van der Waals surface area (Å²) >= 11 is 3.24. The van der Waals surface area contributed by atoms with E-state index in [0.29, 0.717) is 11.1 Å². The van der Waals surface area contributed by atoms with Crippen LogP contribution in [0.15, 0.2) is 60.7 Å². The maximum atomic E-state index is 12.4. The Morgan fingerprint density at radius 3 is 2.00 bits per heavy atom. The highest BCUT2D eigenvalue weighted by atomic mass is 79.9. The van der Waals surface area contributed by atoms with Crippen LogP contribution in [0.2, 0.25) is 0 Å². The van der Waals surface area contributed by atoms with Gasteiger partial charge >= 0.3 is 0 Å². The van der Waals surface area contributed by atoms with Gasteiger partial charge in [0.2, 0.25) is 0 Å². The third-order valence-electron chi connectivity index (χ3n) is 2.86. The van der Waals surface area contributed by atoms with E-state index in [1.807, 2.05) is 12.1 Å². The second-order valence-electron chi connectivity index (χ2n) is 4.06. The molecule has 0 fully saturated rings. The summed E-state index contributed by atoms with van der Waals surface area (Å²) < 4.78 is 0. The Morgan fingerprint density at radius 1 is 1.00 bits per heavy atom. The van der Waals surface area contributed by atoms with Crippen LogP contribution in [-0.2, 0) is 5.60 Å². The van der Waals surface area contributed by atoms with Gasteiger partial charge in [0.05, 0.1) is 0 Å². The van der Waals surface area contributed by atoms with Crippen molar-refractivity contribution in [3.05, 3.63) is 71.8 Å². The molecule has 3 heteroatoms. The first kappa shape index (κ1) is 13.0. The summed E-state index contributed by atoms with van der Waals surface area (Å²) in [6.45, 7) is 0. The van der Waals surface area contributed by atoms with E-state index in [2.05, 4.69) is 15.9 Å². The first-order valence-electron chi connectivity index (χ1n) is 5.62. The molecule has 0 spiro atoms. The van der Waals surface area contributed by atoms with Crippen LogP contribution in [0.5, 0.6) is 0 Å². The summed E-state index contributed by atoms with van der Waals surface area (Å²) in [5, 5.41) is 10.8. The summed E-state index contributed by atoms with van der Waals surface area (Å²) in [6.07, 6.45) is 0. The smallest absolute Gasteiger partial charge is 0.199 e. The Labute approximate surface area is 114 Å². The number of alkyl halides is 1. The molecule has 2 nitrogen and oxygen atoms in total. The van der Waals surface area contributed by atoms with E-state index in [1.54, 1.807) is 48.5 Å². The molecule has 92 valence electrons. The Hall–Kier alpha value is -1.45. The van der Waals surface area contributed by atoms with Crippen LogP contribution in [0.1, 0.15) is 15.9 Å². The number of hydrogen-bond donors (Lipinski definition) is 1. The second-order valence-corrected chi connectivity index (χ2v) is 4.62. The lowest BCUT2D eigenvalue weighted by molar-refractivity contribution is 0.0421. The summed E-state index contributed by atoms with van der Waals surface area (Å²) in [5.41, 5.74) is -0.429. The standard InChI is InChI=1S/C15H13BrO2/c16-11-15(18,13-9-5-2-6-10-13)14(17)12-7-3-1-4-8-12/h1-10,18H,11H2. The molecule has 0 bridgehead atoms. The molecule has 2 aromatic carbocycles. The van der Waals surface area contributed by atoms with Crippen LogP contribution in [0.25, 0.3) is 0 Å². The zero-order valence-electron chi connectivity index (χ0n) is 9.71. The van der Waals surface area contributed by atoms with Crippen molar-refractivity contribution >= 4 is 21.7 Å². The average molecular weight is 305 g/mol.